The summed E-state index contributed by atoms with van der Waals surface area (Å²) in [4.78, 5) is 18.0. The normalized spacial score (nSPS) is 19.0. The molecule has 1 aromatic heterocycles. The molecule has 0 saturated carbocycles. The summed E-state index contributed by atoms with van der Waals surface area (Å²) < 4.78 is 10.6. The molecule has 1 N–H and O–H groups in total. The van der Waals surface area contributed by atoms with E-state index in [4.69, 9.17) is 9.47 Å². The Balaban J connectivity index is 2.28. The molecule has 0 aliphatic carbocycles. The van der Waals surface area contributed by atoms with Crippen molar-refractivity contribution in [3.8, 4) is 5.88 Å². The van der Waals surface area contributed by atoms with Crippen molar-refractivity contribution in [2.24, 2.45) is 0 Å². The molecule has 0 aromatic carbocycles. The molecule has 2 heterocycles. The third-order valence-corrected chi connectivity index (χ3v) is 2.37. The predicted octanol–water partition coefficient (Wildman–Crippen LogP) is 0.594. The van der Waals surface area contributed by atoms with Gasteiger partial charge in [-0.2, -0.15) is 4.98 Å². The lowest BCUT2D eigenvalue weighted by molar-refractivity contribution is -0.385. The van der Waals surface area contributed by atoms with E-state index < -0.39 is 4.92 Å². The van der Waals surface area contributed by atoms with Crippen LogP contribution in [0.4, 0.5) is 11.5 Å². The first-order valence-electron chi connectivity index (χ1n) is 5.14. The lowest BCUT2D eigenvalue weighted by Gasteiger charge is -2.11. The molecule has 1 fully saturated rings. The predicted molar refractivity (Wildman–Crippen MR) is 58.1 cm³/mol. The molecule has 1 aliphatic heterocycles. The van der Waals surface area contributed by atoms with E-state index in [1.807, 2.05) is 0 Å². The van der Waals surface area contributed by atoms with E-state index in [2.05, 4.69) is 15.3 Å². The zero-order valence-electron chi connectivity index (χ0n) is 9.25. The monoisotopic (exact) mass is 240 g/mol. The molecular weight excluding hydrogens is 228 g/mol. The van der Waals surface area contributed by atoms with Crippen LogP contribution in [0.5, 0.6) is 5.88 Å². The van der Waals surface area contributed by atoms with E-state index >= 15 is 0 Å². The lowest BCUT2D eigenvalue weighted by Crippen LogP contribution is -2.18. The Bertz CT molecular complexity index is 419. The molecule has 0 radical (unpaired) electrons. The summed E-state index contributed by atoms with van der Waals surface area (Å²) in [6.45, 7) is 1.03. The van der Waals surface area contributed by atoms with Gasteiger partial charge in [0.05, 0.1) is 18.1 Å². The molecule has 8 heteroatoms. The van der Waals surface area contributed by atoms with Gasteiger partial charge in [0.2, 0.25) is 5.82 Å². The van der Waals surface area contributed by atoms with Crippen LogP contribution in [0.2, 0.25) is 0 Å². The third kappa shape index (κ3) is 2.41. The maximum Gasteiger partial charge on any atom is 0.372 e. The Labute approximate surface area is 97.1 Å². The zero-order chi connectivity index (χ0) is 12.3. The number of anilines is 1. The fraction of sp³-hybridized carbons (Fsp3) is 0.556. The van der Waals surface area contributed by atoms with Gasteiger partial charge in [-0.25, -0.2) is 4.98 Å². The Morgan fingerprint density at radius 1 is 1.65 bits per heavy atom. The Kier molecular flexibility index (Phi) is 3.33. The second-order valence-electron chi connectivity index (χ2n) is 3.49. The number of nitro groups is 1. The van der Waals surface area contributed by atoms with E-state index in [1.54, 1.807) is 7.05 Å². The van der Waals surface area contributed by atoms with E-state index in [0.717, 1.165) is 0 Å². The highest BCUT2D eigenvalue weighted by Gasteiger charge is 2.27. The molecule has 8 nitrogen and oxygen atoms in total. The standard InChI is InChI=1S/C9H12N4O4/c1-10-8-7(13(14)15)9(12-5-11-8)17-6-2-3-16-4-6/h5-6H,2-4H2,1H3,(H,10,11,12). The van der Waals surface area contributed by atoms with Crippen molar-refractivity contribution in [3.63, 3.8) is 0 Å². The summed E-state index contributed by atoms with van der Waals surface area (Å²) in [7, 11) is 1.55. The highest BCUT2D eigenvalue weighted by Crippen LogP contribution is 2.31. The molecule has 1 aromatic rings. The quantitative estimate of drug-likeness (QED) is 0.607. The second-order valence-corrected chi connectivity index (χ2v) is 3.49. The largest absolute Gasteiger partial charge is 0.467 e. The van der Waals surface area contributed by atoms with Gasteiger partial charge in [0.1, 0.15) is 12.4 Å². The van der Waals surface area contributed by atoms with Crippen LogP contribution in [0.3, 0.4) is 0 Å². The van der Waals surface area contributed by atoms with Gasteiger partial charge in [0, 0.05) is 13.5 Å². The molecule has 0 amide bonds. The van der Waals surface area contributed by atoms with Crippen LogP contribution in [0.15, 0.2) is 6.33 Å². The van der Waals surface area contributed by atoms with Crippen LogP contribution >= 0.6 is 0 Å². The van der Waals surface area contributed by atoms with Gasteiger partial charge in [-0.05, 0) is 0 Å². The molecule has 1 aliphatic rings. The first-order valence-corrected chi connectivity index (χ1v) is 5.14. The van der Waals surface area contributed by atoms with Crippen molar-refractivity contribution < 1.29 is 14.4 Å². The van der Waals surface area contributed by atoms with E-state index in [9.17, 15) is 10.1 Å². The number of ether oxygens (including phenoxy) is 2. The minimum Gasteiger partial charge on any atom is -0.467 e. The average Bonchev–Trinajstić information content (AvgIpc) is 2.81. The minimum atomic E-state index is -0.559. The van der Waals surface area contributed by atoms with Gasteiger partial charge < -0.3 is 14.8 Å². The van der Waals surface area contributed by atoms with Crippen LogP contribution in [-0.2, 0) is 4.74 Å². The maximum atomic E-state index is 10.9. The van der Waals surface area contributed by atoms with Crippen molar-refractivity contribution in [2.75, 3.05) is 25.6 Å². The first kappa shape index (κ1) is 11.5. The van der Waals surface area contributed by atoms with Gasteiger partial charge in [-0.15, -0.1) is 0 Å². The van der Waals surface area contributed by atoms with E-state index in [0.29, 0.717) is 19.6 Å². The average molecular weight is 240 g/mol. The van der Waals surface area contributed by atoms with Gasteiger partial charge in [-0.1, -0.05) is 0 Å². The number of hydrogen-bond acceptors (Lipinski definition) is 7. The summed E-state index contributed by atoms with van der Waals surface area (Å²) in [5, 5.41) is 13.6. The van der Waals surface area contributed by atoms with Crippen LogP contribution in [0.1, 0.15) is 6.42 Å². The summed E-state index contributed by atoms with van der Waals surface area (Å²) in [5.41, 5.74) is -0.248. The highest BCUT2D eigenvalue weighted by molar-refractivity contribution is 5.60. The molecule has 0 spiro atoms. The SMILES string of the molecule is CNc1ncnc(OC2CCOC2)c1[N+](=O)[O-]. The van der Waals surface area contributed by atoms with Crippen LogP contribution < -0.4 is 10.1 Å². The van der Waals surface area contributed by atoms with Crippen molar-refractivity contribution in [2.45, 2.75) is 12.5 Å². The molecule has 2 rings (SSSR count). The number of hydrogen-bond donors (Lipinski definition) is 1. The lowest BCUT2D eigenvalue weighted by atomic mass is 10.3. The first-order chi connectivity index (χ1) is 8.22. The molecular formula is C9H12N4O4. The summed E-state index contributed by atoms with van der Waals surface area (Å²) in [6.07, 6.45) is 1.74. The number of rotatable bonds is 4. The van der Waals surface area contributed by atoms with Gasteiger partial charge in [0.15, 0.2) is 0 Å². The summed E-state index contributed by atoms with van der Waals surface area (Å²) in [6, 6.07) is 0. The Hall–Kier alpha value is -1.96. The smallest absolute Gasteiger partial charge is 0.372 e. The van der Waals surface area contributed by atoms with Crippen LogP contribution in [-0.4, -0.2) is 41.3 Å². The summed E-state index contributed by atoms with van der Waals surface area (Å²) >= 11 is 0. The Morgan fingerprint density at radius 2 is 2.47 bits per heavy atom. The highest BCUT2D eigenvalue weighted by atomic mass is 16.6. The van der Waals surface area contributed by atoms with Crippen molar-refractivity contribution in [1.82, 2.24) is 9.97 Å². The fourth-order valence-corrected chi connectivity index (χ4v) is 1.56. The Morgan fingerprint density at radius 3 is 3.06 bits per heavy atom. The van der Waals surface area contributed by atoms with Gasteiger partial charge >= 0.3 is 5.69 Å². The third-order valence-electron chi connectivity index (χ3n) is 2.37. The van der Waals surface area contributed by atoms with E-state index in [1.165, 1.54) is 6.33 Å². The molecule has 17 heavy (non-hydrogen) atoms. The van der Waals surface area contributed by atoms with Crippen molar-refractivity contribution in [3.05, 3.63) is 16.4 Å². The molecule has 0 bridgehead atoms. The number of aromatic nitrogens is 2. The van der Waals surface area contributed by atoms with Gasteiger partial charge in [-0.3, -0.25) is 10.1 Å². The summed E-state index contributed by atoms with van der Waals surface area (Å²) in [5.74, 6) is 0.115. The zero-order valence-corrected chi connectivity index (χ0v) is 9.25. The van der Waals surface area contributed by atoms with Crippen molar-refractivity contribution in [1.29, 1.82) is 0 Å². The molecule has 1 unspecified atom stereocenters. The molecule has 1 saturated heterocycles. The number of nitrogens with zero attached hydrogens (tertiary/aromatic N) is 3. The molecule has 1 atom stereocenters. The van der Waals surface area contributed by atoms with Crippen LogP contribution in [0, 0.1) is 10.1 Å². The topological polar surface area (TPSA) is 99.4 Å². The number of nitrogens with one attached hydrogen (secondary N) is 1. The fourth-order valence-electron chi connectivity index (χ4n) is 1.56. The second kappa shape index (κ2) is 4.91. The van der Waals surface area contributed by atoms with Crippen LogP contribution in [0.25, 0.3) is 0 Å². The van der Waals surface area contributed by atoms with Gasteiger partial charge in [0.25, 0.3) is 5.88 Å². The minimum absolute atomic E-state index is 0.0233. The molecule has 92 valence electrons. The van der Waals surface area contributed by atoms with Crippen molar-refractivity contribution >= 4 is 11.5 Å². The maximum absolute atomic E-state index is 10.9. The van der Waals surface area contributed by atoms with E-state index in [-0.39, 0.29) is 23.5 Å².